The smallest absolute Gasteiger partial charge is 0.130 e. The number of ether oxygens (including phenoxy) is 1. The number of nitrogens with two attached hydrogens (primary N) is 1. The second-order valence-corrected chi connectivity index (χ2v) is 6.67. The highest BCUT2D eigenvalue weighted by molar-refractivity contribution is 7.21. The SMILES string of the molecule is Cc1cc(N)ccc1Oc1ccc(-c2nc3ccccc3s2)cc1. The predicted octanol–water partition coefficient (Wildman–Crippen LogP) is 5.65. The molecule has 0 amide bonds. The lowest BCUT2D eigenvalue weighted by molar-refractivity contribution is 0.479. The van der Waals surface area contributed by atoms with E-state index < -0.39 is 0 Å². The highest BCUT2D eigenvalue weighted by Crippen LogP contribution is 2.32. The average Bonchev–Trinajstić information content (AvgIpc) is 3.02. The van der Waals surface area contributed by atoms with E-state index in [4.69, 9.17) is 10.5 Å². The van der Waals surface area contributed by atoms with E-state index in [2.05, 4.69) is 11.1 Å². The second kappa shape index (κ2) is 5.98. The molecule has 1 aromatic heterocycles. The van der Waals surface area contributed by atoms with E-state index in [-0.39, 0.29) is 0 Å². The number of benzene rings is 3. The van der Waals surface area contributed by atoms with E-state index >= 15 is 0 Å². The molecule has 3 aromatic carbocycles. The molecule has 0 atom stereocenters. The molecule has 0 aliphatic heterocycles. The van der Waals surface area contributed by atoms with Crippen molar-refractivity contribution in [2.75, 3.05) is 5.73 Å². The van der Waals surface area contributed by atoms with Crippen molar-refractivity contribution >= 4 is 27.2 Å². The van der Waals surface area contributed by atoms with Gasteiger partial charge in [0.15, 0.2) is 0 Å². The molecule has 0 aliphatic carbocycles. The molecule has 0 aliphatic rings. The van der Waals surface area contributed by atoms with Crippen molar-refractivity contribution in [1.29, 1.82) is 0 Å². The zero-order valence-electron chi connectivity index (χ0n) is 13.2. The number of thiazole rings is 1. The van der Waals surface area contributed by atoms with Gasteiger partial charge in [-0.3, -0.25) is 0 Å². The summed E-state index contributed by atoms with van der Waals surface area (Å²) >= 11 is 1.70. The third-order valence-corrected chi connectivity index (χ3v) is 4.91. The van der Waals surface area contributed by atoms with Crippen LogP contribution in [-0.2, 0) is 0 Å². The maximum atomic E-state index is 5.94. The Kier molecular flexibility index (Phi) is 3.67. The highest BCUT2D eigenvalue weighted by atomic mass is 32.1. The summed E-state index contributed by atoms with van der Waals surface area (Å²) < 4.78 is 7.14. The molecule has 0 saturated heterocycles. The van der Waals surface area contributed by atoms with Gasteiger partial charge in [0.1, 0.15) is 16.5 Å². The number of nitrogens with zero attached hydrogens (tertiary/aromatic N) is 1. The van der Waals surface area contributed by atoms with E-state index in [9.17, 15) is 0 Å². The van der Waals surface area contributed by atoms with Crippen LogP contribution in [0.15, 0.2) is 66.7 Å². The number of aromatic nitrogens is 1. The molecule has 0 radical (unpaired) electrons. The zero-order chi connectivity index (χ0) is 16.5. The van der Waals surface area contributed by atoms with Gasteiger partial charge in [-0.05, 0) is 67.1 Å². The van der Waals surface area contributed by atoms with E-state index in [0.717, 1.165) is 38.8 Å². The summed E-state index contributed by atoms with van der Waals surface area (Å²) in [7, 11) is 0. The summed E-state index contributed by atoms with van der Waals surface area (Å²) in [5.74, 6) is 1.62. The third-order valence-electron chi connectivity index (χ3n) is 3.82. The Morgan fingerprint density at radius 2 is 1.75 bits per heavy atom. The summed E-state index contributed by atoms with van der Waals surface area (Å²) in [4.78, 5) is 4.68. The monoisotopic (exact) mass is 332 g/mol. The first kappa shape index (κ1) is 14.7. The number of para-hydroxylation sites is 1. The molecular formula is C20H16N2OS. The van der Waals surface area contributed by atoms with E-state index in [1.54, 1.807) is 11.3 Å². The molecule has 0 spiro atoms. The van der Waals surface area contributed by atoms with Crippen molar-refractivity contribution in [1.82, 2.24) is 4.98 Å². The summed E-state index contributed by atoms with van der Waals surface area (Å²) in [6.07, 6.45) is 0. The van der Waals surface area contributed by atoms with Crippen LogP contribution in [0.25, 0.3) is 20.8 Å². The first-order valence-electron chi connectivity index (χ1n) is 7.69. The van der Waals surface area contributed by atoms with Crippen molar-refractivity contribution in [3.63, 3.8) is 0 Å². The molecule has 4 heteroatoms. The topological polar surface area (TPSA) is 48.1 Å². The van der Waals surface area contributed by atoms with E-state index in [0.29, 0.717) is 0 Å². The fourth-order valence-electron chi connectivity index (χ4n) is 2.58. The Morgan fingerprint density at radius 1 is 0.958 bits per heavy atom. The van der Waals surface area contributed by atoms with Crippen LogP contribution in [0, 0.1) is 6.92 Å². The second-order valence-electron chi connectivity index (χ2n) is 5.64. The molecule has 0 fully saturated rings. The summed E-state index contributed by atoms with van der Waals surface area (Å²) in [6, 6.07) is 21.9. The van der Waals surface area contributed by atoms with E-state index in [1.807, 2.05) is 67.6 Å². The van der Waals surface area contributed by atoms with Crippen LogP contribution in [-0.4, -0.2) is 4.98 Å². The average molecular weight is 332 g/mol. The molecule has 0 bridgehead atoms. The maximum Gasteiger partial charge on any atom is 0.130 e. The number of fused-ring (bicyclic) bond motifs is 1. The number of hydrogen-bond acceptors (Lipinski definition) is 4. The summed E-state index contributed by atoms with van der Waals surface area (Å²) in [5, 5.41) is 1.02. The molecule has 24 heavy (non-hydrogen) atoms. The molecule has 118 valence electrons. The molecule has 0 saturated carbocycles. The molecule has 0 unspecified atom stereocenters. The van der Waals surface area contributed by atoms with Gasteiger partial charge in [0.05, 0.1) is 10.2 Å². The lowest BCUT2D eigenvalue weighted by atomic mass is 10.2. The number of aryl methyl sites for hydroxylation is 1. The molecule has 3 nitrogen and oxygen atoms in total. The number of rotatable bonds is 3. The maximum absolute atomic E-state index is 5.94. The third kappa shape index (κ3) is 2.84. The van der Waals surface area contributed by atoms with Crippen LogP contribution >= 0.6 is 11.3 Å². The molecule has 4 rings (SSSR count). The van der Waals surface area contributed by atoms with Crippen molar-refractivity contribution in [2.45, 2.75) is 6.92 Å². The Bertz CT molecular complexity index is 973. The van der Waals surface area contributed by atoms with Crippen LogP contribution in [0.3, 0.4) is 0 Å². The van der Waals surface area contributed by atoms with E-state index in [1.165, 1.54) is 4.70 Å². The quantitative estimate of drug-likeness (QED) is 0.493. The lowest BCUT2D eigenvalue weighted by Gasteiger charge is -2.09. The largest absolute Gasteiger partial charge is 0.457 e. The van der Waals surface area contributed by atoms with Crippen molar-refractivity contribution in [2.24, 2.45) is 0 Å². The van der Waals surface area contributed by atoms with Gasteiger partial charge < -0.3 is 10.5 Å². The van der Waals surface area contributed by atoms with Crippen LogP contribution < -0.4 is 10.5 Å². The van der Waals surface area contributed by atoms with Crippen molar-refractivity contribution < 1.29 is 4.74 Å². The van der Waals surface area contributed by atoms with Gasteiger partial charge in [-0.25, -0.2) is 4.98 Å². The van der Waals surface area contributed by atoms with Crippen LogP contribution in [0.4, 0.5) is 5.69 Å². The Morgan fingerprint density at radius 3 is 2.50 bits per heavy atom. The zero-order valence-corrected chi connectivity index (χ0v) is 14.0. The minimum atomic E-state index is 0.742. The fraction of sp³-hybridized carbons (Fsp3) is 0.0500. The fourth-order valence-corrected chi connectivity index (χ4v) is 3.55. The molecule has 4 aromatic rings. The predicted molar refractivity (Wildman–Crippen MR) is 101 cm³/mol. The molecular weight excluding hydrogens is 316 g/mol. The van der Waals surface area contributed by atoms with Crippen LogP contribution in [0.2, 0.25) is 0 Å². The van der Waals surface area contributed by atoms with Gasteiger partial charge in [0.2, 0.25) is 0 Å². The van der Waals surface area contributed by atoms with Gasteiger partial charge in [-0.2, -0.15) is 0 Å². The Hall–Kier alpha value is -2.85. The Labute approximate surface area is 144 Å². The van der Waals surface area contributed by atoms with Gasteiger partial charge in [0.25, 0.3) is 0 Å². The van der Waals surface area contributed by atoms with Gasteiger partial charge in [0, 0.05) is 11.3 Å². The molecule has 1 heterocycles. The standard InChI is InChI=1S/C20H16N2OS/c1-13-12-15(21)8-11-18(13)23-16-9-6-14(7-10-16)20-22-17-4-2-3-5-19(17)24-20/h2-12H,21H2,1H3. The Balaban J connectivity index is 1.60. The van der Waals surface area contributed by atoms with Crippen LogP contribution in [0.1, 0.15) is 5.56 Å². The minimum Gasteiger partial charge on any atom is -0.457 e. The summed E-state index contributed by atoms with van der Waals surface area (Å²) in [5.41, 5.74) is 9.67. The number of nitrogen functional groups attached to an aromatic ring is 1. The lowest BCUT2D eigenvalue weighted by Crippen LogP contribution is -1.90. The van der Waals surface area contributed by atoms with Crippen molar-refractivity contribution in [3.05, 3.63) is 72.3 Å². The number of hydrogen-bond donors (Lipinski definition) is 1. The first-order chi connectivity index (χ1) is 11.7. The van der Waals surface area contributed by atoms with Crippen LogP contribution in [0.5, 0.6) is 11.5 Å². The highest BCUT2D eigenvalue weighted by Gasteiger charge is 2.07. The normalized spacial score (nSPS) is 10.9. The van der Waals surface area contributed by atoms with Gasteiger partial charge >= 0.3 is 0 Å². The summed E-state index contributed by atoms with van der Waals surface area (Å²) in [6.45, 7) is 1.99. The van der Waals surface area contributed by atoms with Crippen molar-refractivity contribution in [3.8, 4) is 22.1 Å². The number of anilines is 1. The van der Waals surface area contributed by atoms with Gasteiger partial charge in [-0.15, -0.1) is 11.3 Å². The minimum absolute atomic E-state index is 0.742. The first-order valence-corrected chi connectivity index (χ1v) is 8.51. The van der Waals surface area contributed by atoms with Gasteiger partial charge in [-0.1, -0.05) is 12.1 Å². The molecule has 2 N–H and O–H groups in total.